The van der Waals surface area contributed by atoms with Crippen molar-refractivity contribution in [2.45, 2.75) is 25.6 Å². The van der Waals surface area contributed by atoms with Gasteiger partial charge in [0.2, 0.25) is 5.78 Å². The summed E-state index contributed by atoms with van der Waals surface area (Å²) >= 11 is 0. The number of ketones is 1. The molecule has 186 valence electrons. The first-order chi connectivity index (χ1) is 17.1. The number of carbonyl (C=O) groups is 2. The molecule has 0 unspecified atom stereocenters. The van der Waals surface area contributed by atoms with Crippen molar-refractivity contribution in [1.29, 1.82) is 0 Å². The van der Waals surface area contributed by atoms with Gasteiger partial charge in [-0.1, -0.05) is 30.3 Å². The summed E-state index contributed by atoms with van der Waals surface area (Å²) in [5.41, 5.74) is -0.0852. The third kappa shape index (κ3) is 5.54. The number of carbonyl (C=O) groups excluding carboxylic acids is 2. The van der Waals surface area contributed by atoms with E-state index >= 15 is 0 Å². The molecule has 0 atom stereocenters. The largest absolute Gasteiger partial charge is 0.457 e. The number of fused-ring (bicyclic) bond motifs is 1. The van der Waals surface area contributed by atoms with Crippen molar-refractivity contribution in [3.63, 3.8) is 0 Å². The van der Waals surface area contributed by atoms with Crippen LogP contribution in [0.25, 0.3) is 11.0 Å². The molecule has 36 heavy (non-hydrogen) atoms. The van der Waals surface area contributed by atoms with E-state index in [-0.39, 0.29) is 41.9 Å². The van der Waals surface area contributed by atoms with Crippen molar-refractivity contribution in [1.82, 2.24) is 14.1 Å². The third-order valence-electron chi connectivity index (χ3n) is 5.68. The highest BCUT2D eigenvalue weighted by atomic mass is 19.4. The van der Waals surface area contributed by atoms with Gasteiger partial charge < -0.3 is 13.9 Å². The van der Waals surface area contributed by atoms with E-state index in [0.717, 1.165) is 17.7 Å². The molecule has 0 fully saturated rings. The first-order valence-electron chi connectivity index (χ1n) is 11.1. The SMILES string of the molecule is Cn1cccc1C(=O)COC(=O)CCc1nc2cc(C(F)(F)F)ccc2n(Cc2ccccc2)c1=O. The van der Waals surface area contributed by atoms with Crippen LogP contribution in [0.4, 0.5) is 13.2 Å². The van der Waals surface area contributed by atoms with Gasteiger partial charge in [-0.2, -0.15) is 13.2 Å². The molecule has 0 aliphatic carbocycles. The molecule has 4 rings (SSSR count). The number of benzene rings is 2. The summed E-state index contributed by atoms with van der Waals surface area (Å²) in [6.07, 6.45) is -3.31. The summed E-state index contributed by atoms with van der Waals surface area (Å²) in [7, 11) is 1.69. The van der Waals surface area contributed by atoms with E-state index in [0.29, 0.717) is 5.69 Å². The van der Waals surface area contributed by atoms with Crippen LogP contribution in [0, 0.1) is 0 Å². The number of alkyl halides is 3. The Morgan fingerprint density at radius 3 is 2.44 bits per heavy atom. The fourth-order valence-electron chi connectivity index (χ4n) is 3.83. The average Bonchev–Trinajstić information content (AvgIpc) is 3.28. The lowest BCUT2D eigenvalue weighted by Crippen LogP contribution is -2.27. The van der Waals surface area contributed by atoms with E-state index in [4.69, 9.17) is 4.74 Å². The first kappa shape index (κ1) is 24.9. The topological polar surface area (TPSA) is 83.2 Å². The molecule has 0 saturated heterocycles. The van der Waals surface area contributed by atoms with Crippen LogP contribution in [0.5, 0.6) is 0 Å². The Morgan fingerprint density at radius 1 is 1.03 bits per heavy atom. The minimum Gasteiger partial charge on any atom is -0.457 e. The first-order valence-corrected chi connectivity index (χ1v) is 11.1. The van der Waals surface area contributed by atoms with E-state index in [9.17, 15) is 27.6 Å². The molecule has 0 spiro atoms. The van der Waals surface area contributed by atoms with Crippen molar-refractivity contribution in [3.8, 4) is 0 Å². The highest BCUT2D eigenvalue weighted by Crippen LogP contribution is 2.31. The number of aromatic nitrogens is 3. The molecule has 0 amide bonds. The number of nitrogens with zero attached hydrogens (tertiary/aromatic N) is 3. The van der Waals surface area contributed by atoms with Crippen LogP contribution in [0.15, 0.2) is 71.7 Å². The second-order valence-corrected chi connectivity index (χ2v) is 8.22. The molecule has 4 aromatic rings. The van der Waals surface area contributed by atoms with Crippen molar-refractivity contribution in [2.24, 2.45) is 7.05 Å². The van der Waals surface area contributed by atoms with Crippen molar-refractivity contribution in [2.75, 3.05) is 6.61 Å². The monoisotopic (exact) mass is 497 g/mol. The zero-order valence-corrected chi connectivity index (χ0v) is 19.3. The summed E-state index contributed by atoms with van der Waals surface area (Å²) in [6.45, 7) is -0.346. The van der Waals surface area contributed by atoms with Crippen LogP contribution in [-0.4, -0.2) is 32.5 Å². The van der Waals surface area contributed by atoms with Gasteiger partial charge >= 0.3 is 12.1 Å². The molecule has 0 bridgehead atoms. The summed E-state index contributed by atoms with van der Waals surface area (Å²) in [4.78, 5) is 41.8. The molecular weight excluding hydrogens is 475 g/mol. The number of Topliss-reactive ketones (excluding diaryl/α,β-unsaturated/α-hetero) is 1. The van der Waals surface area contributed by atoms with Gasteiger partial charge in [0, 0.05) is 19.7 Å². The van der Waals surface area contributed by atoms with Crippen LogP contribution >= 0.6 is 0 Å². The Morgan fingerprint density at radius 2 is 1.78 bits per heavy atom. The van der Waals surface area contributed by atoms with Gasteiger partial charge in [0.15, 0.2) is 6.61 Å². The fourth-order valence-corrected chi connectivity index (χ4v) is 3.83. The maximum atomic E-state index is 13.3. The molecule has 0 aliphatic heterocycles. The Bertz CT molecular complexity index is 1470. The highest BCUT2D eigenvalue weighted by Gasteiger charge is 2.31. The maximum absolute atomic E-state index is 13.3. The summed E-state index contributed by atoms with van der Waals surface area (Å²) < 4.78 is 47.8. The molecule has 0 saturated carbocycles. The zero-order valence-electron chi connectivity index (χ0n) is 19.3. The molecule has 0 aliphatic rings. The number of ether oxygens (including phenoxy) is 1. The molecule has 0 N–H and O–H groups in total. The van der Waals surface area contributed by atoms with Crippen LogP contribution in [0.2, 0.25) is 0 Å². The molecule has 2 aromatic heterocycles. The highest BCUT2D eigenvalue weighted by molar-refractivity contribution is 5.96. The third-order valence-corrected chi connectivity index (χ3v) is 5.68. The van der Waals surface area contributed by atoms with Crippen LogP contribution in [0.1, 0.15) is 33.7 Å². The van der Waals surface area contributed by atoms with Gasteiger partial charge in [-0.25, -0.2) is 4.98 Å². The molecular formula is C26H22F3N3O4. The quantitative estimate of drug-likeness (QED) is 0.270. The normalized spacial score (nSPS) is 11.6. The van der Waals surface area contributed by atoms with Crippen LogP contribution in [0.3, 0.4) is 0 Å². The van der Waals surface area contributed by atoms with Crippen molar-refractivity contribution in [3.05, 3.63) is 99.7 Å². The Labute approximate surface area is 203 Å². The smallest absolute Gasteiger partial charge is 0.416 e. The van der Waals surface area contributed by atoms with E-state index in [1.165, 1.54) is 10.6 Å². The van der Waals surface area contributed by atoms with E-state index in [2.05, 4.69) is 4.98 Å². The van der Waals surface area contributed by atoms with E-state index in [1.54, 1.807) is 54.2 Å². The predicted octanol–water partition coefficient (Wildman–Crippen LogP) is 4.16. The van der Waals surface area contributed by atoms with Crippen molar-refractivity contribution < 1.29 is 27.5 Å². The Kier molecular flexibility index (Phi) is 7.05. The van der Waals surface area contributed by atoms with Crippen LogP contribution < -0.4 is 5.56 Å². The van der Waals surface area contributed by atoms with E-state index < -0.39 is 29.9 Å². The summed E-state index contributed by atoms with van der Waals surface area (Å²) in [6, 6.07) is 15.3. The van der Waals surface area contributed by atoms with E-state index in [1.807, 2.05) is 6.07 Å². The van der Waals surface area contributed by atoms with Gasteiger partial charge in [-0.15, -0.1) is 0 Å². The summed E-state index contributed by atoms with van der Waals surface area (Å²) in [5, 5.41) is 0. The zero-order chi connectivity index (χ0) is 25.9. The minimum absolute atomic E-state index is 0.0115. The van der Waals surface area contributed by atoms with Gasteiger partial charge in [0.1, 0.15) is 5.69 Å². The Hall–Kier alpha value is -4.21. The second-order valence-electron chi connectivity index (χ2n) is 8.22. The average molecular weight is 497 g/mol. The van der Waals surface area contributed by atoms with Crippen LogP contribution in [-0.2, 0) is 35.7 Å². The molecule has 2 heterocycles. The fraction of sp³-hybridized carbons (Fsp3) is 0.231. The van der Waals surface area contributed by atoms with Gasteiger partial charge in [-0.3, -0.25) is 14.4 Å². The number of hydrogen-bond donors (Lipinski definition) is 0. The number of halogens is 3. The van der Waals surface area contributed by atoms with Crippen molar-refractivity contribution >= 4 is 22.8 Å². The number of esters is 1. The lowest BCUT2D eigenvalue weighted by Gasteiger charge is -2.14. The minimum atomic E-state index is -4.58. The molecule has 0 radical (unpaired) electrons. The Balaban J connectivity index is 1.58. The standard InChI is InChI=1S/C26H22F3N3O4/c1-31-13-5-8-22(31)23(33)16-36-24(34)12-10-19-25(35)32(15-17-6-3-2-4-7-17)21-11-9-18(26(27,28)29)14-20(21)30-19/h2-9,11,13-14H,10,12,15-16H2,1H3. The predicted molar refractivity (Wildman–Crippen MR) is 126 cm³/mol. The summed E-state index contributed by atoms with van der Waals surface area (Å²) in [5.74, 6) is -1.11. The lowest BCUT2D eigenvalue weighted by molar-refractivity contribution is -0.142. The number of aryl methyl sites for hydroxylation is 2. The van der Waals surface area contributed by atoms with Gasteiger partial charge in [0.25, 0.3) is 5.56 Å². The number of rotatable bonds is 8. The lowest BCUT2D eigenvalue weighted by atomic mass is 10.1. The number of hydrogen-bond acceptors (Lipinski definition) is 5. The van der Waals surface area contributed by atoms with Gasteiger partial charge in [-0.05, 0) is 35.9 Å². The van der Waals surface area contributed by atoms with Gasteiger partial charge in [0.05, 0.1) is 35.3 Å². The maximum Gasteiger partial charge on any atom is 0.416 e. The molecule has 2 aromatic carbocycles. The molecule has 10 heteroatoms. The molecule has 7 nitrogen and oxygen atoms in total. The second kappa shape index (κ2) is 10.2.